The first-order valence-corrected chi connectivity index (χ1v) is 9.69. The minimum absolute atomic E-state index is 0.105. The SMILES string of the molecule is CN1CCC(Oc2cccc(F)c2)c2ccc(-c3ccc4nncn4c3)cc2C1. The summed E-state index contributed by atoms with van der Waals surface area (Å²) in [6.07, 6.45) is 4.49. The van der Waals surface area contributed by atoms with Crippen molar-refractivity contribution in [1.82, 2.24) is 19.5 Å². The minimum atomic E-state index is -0.284. The van der Waals surface area contributed by atoms with Gasteiger partial charge in [0.05, 0.1) is 0 Å². The quantitative estimate of drug-likeness (QED) is 0.519. The lowest BCUT2D eigenvalue weighted by Gasteiger charge is -2.20. The number of benzene rings is 2. The molecular formula is C23H21FN4O. The maximum absolute atomic E-state index is 13.6. The van der Waals surface area contributed by atoms with Gasteiger partial charge < -0.3 is 9.64 Å². The van der Waals surface area contributed by atoms with E-state index < -0.39 is 0 Å². The summed E-state index contributed by atoms with van der Waals surface area (Å²) < 4.78 is 21.7. The maximum atomic E-state index is 13.6. The highest BCUT2D eigenvalue weighted by atomic mass is 19.1. The van der Waals surface area contributed by atoms with Gasteiger partial charge in [-0.2, -0.15) is 0 Å². The normalized spacial score (nSPS) is 17.1. The second kappa shape index (κ2) is 7.29. The fraction of sp³-hybridized carbons (Fsp3) is 0.217. The molecule has 0 saturated heterocycles. The Balaban J connectivity index is 1.51. The lowest BCUT2D eigenvalue weighted by molar-refractivity contribution is 0.182. The Kier molecular flexibility index (Phi) is 4.48. The molecule has 1 aliphatic rings. The van der Waals surface area contributed by atoms with Crippen LogP contribution < -0.4 is 4.74 Å². The predicted octanol–water partition coefficient (Wildman–Crippen LogP) is 4.49. The van der Waals surface area contributed by atoms with Crippen molar-refractivity contribution < 1.29 is 9.13 Å². The van der Waals surface area contributed by atoms with Gasteiger partial charge in [0.1, 0.15) is 24.0 Å². The van der Waals surface area contributed by atoms with Crippen LogP contribution in [0, 0.1) is 5.82 Å². The van der Waals surface area contributed by atoms with Crippen LogP contribution in [0.25, 0.3) is 16.8 Å². The van der Waals surface area contributed by atoms with Crippen molar-refractivity contribution in [1.29, 1.82) is 0 Å². The van der Waals surface area contributed by atoms with Crippen molar-refractivity contribution in [2.75, 3.05) is 13.6 Å². The Labute approximate surface area is 168 Å². The molecular weight excluding hydrogens is 367 g/mol. The number of fused-ring (bicyclic) bond motifs is 2. The number of hydrogen-bond donors (Lipinski definition) is 0. The van der Waals surface area contributed by atoms with Gasteiger partial charge in [0.2, 0.25) is 0 Å². The molecule has 0 bridgehead atoms. The van der Waals surface area contributed by atoms with Crippen LogP contribution in [0.5, 0.6) is 5.75 Å². The number of nitrogens with zero attached hydrogens (tertiary/aromatic N) is 4. The van der Waals surface area contributed by atoms with E-state index in [4.69, 9.17) is 4.74 Å². The molecule has 4 aromatic rings. The van der Waals surface area contributed by atoms with Crippen molar-refractivity contribution in [3.05, 3.63) is 84.1 Å². The molecule has 5 nitrogen and oxygen atoms in total. The zero-order valence-electron chi connectivity index (χ0n) is 16.1. The van der Waals surface area contributed by atoms with E-state index in [2.05, 4.69) is 46.4 Å². The predicted molar refractivity (Wildman–Crippen MR) is 109 cm³/mol. The largest absolute Gasteiger partial charge is 0.486 e. The van der Waals surface area contributed by atoms with Gasteiger partial charge in [0.15, 0.2) is 5.65 Å². The summed E-state index contributed by atoms with van der Waals surface area (Å²) in [5.74, 6) is 0.279. The summed E-state index contributed by atoms with van der Waals surface area (Å²) in [6.45, 7) is 1.76. The van der Waals surface area contributed by atoms with Gasteiger partial charge in [0, 0.05) is 31.8 Å². The van der Waals surface area contributed by atoms with E-state index in [0.717, 1.165) is 41.8 Å². The molecule has 2 aromatic carbocycles. The molecule has 29 heavy (non-hydrogen) atoms. The maximum Gasteiger partial charge on any atom is 0.160 e. The van der Waals surface area contributed by atoms with Gasteiger partial charge in [-0.05, 0) is 59.6 Å². The van der Waals surface area contributed by atoms with Gasteiger partial charge in [-0.3, -0.25) is 4.40 Å². The summed E-state index contributed by atoms with van der Waals surface area (Å²) >= 11 is 0. The molecule has 0 radical (unpaired) electrons. The molecule has 5 rings (SSSR count). The van der Waals surface area contributed by atoms with Crippen molar-refractivity contribution >= 4 is 5.65 Å². The van der Waals surface area contributed by atoms with E-state index in [1.807, 2.05) is 16.7 Å². The van der Waals surface area contributed by atoms with Crippen LogP contribution in [0.4, 0.5) is 4.39 Å². The monoisotopic (exact) mass is 388 g/mol. The molecule has 0 N–H and O–H groups in total. The fourth-order valence-corrected chi connectivity index (χ4v) is 3.92. The summed E-state index contributed by atoms with van der Waals surface area (Å²) in [7, 11) is 2.12. The molecule has 0 saturated carbocycles. The number of pyridine rings is 1. The Morgan fingerprint density at radius 1 is 1.07 bits per heavy atom. The third-order valence-corrected chi connectivity index (χ3v) is 5.40. The highest BCUT2D eigenvalue weighted by molar-refractivity contribution is 5.66. The van der Waals surface area contributed by atoms with Gasteiger partial charge in [0.25, 0.3) is 0 Å². The Hall–Kier alpha value is -3.25. The zero-order chi connectivity index (χ0) is 19.8. The van der Waals surface area contributed by atoms with E-state index in [0.29, 0.717) is 5.75 Å². The number of aromatic nitrogens is 3. The topological polar surface area (TPSA) is 42.7 Å². The molecule has 0 fully saturated rings. The van der Waals surface area contributed by atoms with Gasteiger partial charge in [-0.25, -0.2) is 4.39 Å². The number of halogens is 1. The Bertz CT molecular complexity index is 1170. The molecule has 146 valence electrons. The summed E-state index contributed by atoms with van der Waals surface area (Å²) in [4.78, 5) is 2.29. The second-order valence-electron chi connectivity index (χ2n) is 7.52. The van der Waals surface area contributed by atoms with E-state index in [1.54, 1.807) is 18.5 Å². The van der Waals surface area contributed by atoms with Crippen molar-refractivity contribution in [3.8, 4) is 16.9 Å². The summed E-state index contributed by atoms with van der Waals surface area (Å²) in [5.41, 5.74) is 5.46. The highest BCUT2D eigenvalue weighted by Gasteiger charge is 2.23. The van der Waals surface area contributed by atoms with E-state index >= 15 is 0 Å². The molecule has 0 aliphatic carbocycles. The van der Waals surface area contributed by atoms with Crippen LogP contribution in [-0.2, 0) is 6.54 Å². The average Bonchev–Trinajstić information content (AvgIpc) is 3.13. The Morgan fingerprint density at radius 3 is 2.86 bits per heavy atom. The first-order valence-electron chi connectivity index (χ1n) is 9.69. The second-order valence-corrected chi connectivity index (χ2v) is 7.52. The van der Waals surface area contributed by atoms with Crippen LogP contribution >= 0.6 is 0 Å². The number of ether oxygens (including phenoxy) is 1. The third-order valence-electron chi connectivity index (χ3n) is 5.40. The summed E-state index contributed by atoms with van der Waals surface area (Å²) in [5, 5.41) is 8.01. The van der Waals surface area contributed by atoms with E-state index in [-0.39, 0.29) is 11.9 Å². The van der Waals surface area contributed by atoms with E-state index in [9.17, 15) is 4.39 Å². The van der Waals surface area contributed by atoms with Crippen LogP contribution in [0.15, 0.2) is 67.1 Å². The van der Waals surface area contributed by atoms with Crippen molar-refractivity contribution in [2.45, 2.75) is 19.1 Å². The van der Waals surface area contributed by atoms with Gasteiger partial charge >= 0.3 is 0 Å². The molecule has 0 spiro atoms. The highest BCUT2D eigenvalue weighted by Crippen LogP contribution is 2.33. The smallest absolute Gasteiger partial charge is 0.160 e. The molecule has 3 heterocycles. The van der Waals surface area contributed by atoms with Crippen molar-refractivity contribution in [2.24, 2.45) is 0 Å². The molecule has 1 atom stereocenters. The Morgan fingerprint density at radius 2 is 1.97 bits per heavy atom. The third kappa shape index (κ3) is 3.59. The first-order chi connectivity index (χ1) is 14.2. The minimum Gasteiger partial charge on any atom is -0.486 e. The molecule has 1 unspecified atom stereocenters. The lowest BCUT2D eigenvalue weighted by Crippen LogP contribution is -2.18. The van der Waals surface area contributed by atoms with Crippen LogP contribution in [0.3, 0.4) is 0 Å². The standard InChI is InChI=1S/C23H21FN4O/c1-27-10-9-22(29-20-4-2-3-19(24)12-20)21-7-5-16(11-18(21)13-27)17-6-8-23-26-25-15-28(23)14-17/h2-8,11-12,14-15,22H,9-10,13H2,1H3. The summed E-state index contributed by atoms with van der Waals surface area (Å²) in [6, 6.07) is 16.9. The van der Waals surface area contributed by atoms with Crippen LogP contribution in [0.1, 0.15) is 23.7 Å². The fourth-order valence-electron chi connectivity index (χ4n) is 3.92. The van der Waals surface area contributed by atoms with Gasteiger partial charge in [-0.15, -0.1) is 10.2 Å². The molecule has 1 aliphatic heterocycles. The average molecular weight is 388 g/mol. The zero-order valence-corrected chi connectivity index (χ0v) is 16.1. The molecule has 6 heteroatoms. The van der Waals surface area contributed by atoms with E-state index in [1.165, 1.54) is 17.7 Å². The lowest BCUT2D eigenvalue weighted by atomic mass is 9.96. The van der Waals surface area contributed by atoms with Crippen molar-refractivity contribution in [3.63, 3.8) is 0 Å². The molecule has 2 aromatic heterocycles. The number of rotatable bonds is 3. The molecule has 0 amide bonds. The van der Waals surface area contributed by atoms with Crippen LogP contribution in [0.2, 0.25) is 0 Å². The number of hydrogen-bond acceptors (Lipinski definition) is 4. The van der Waals surface area contributed by atoms with Gasteiger partial charge in [-0.1, -0.05) is 18.2 Å². The first kappa shape index (κ1) is 17.8. The van der Waals surface area contributed by atoms with Crippen LogP contribution in [-0.4, -0.2) is 33.1 Å².